The summed E-state index contributed by atoms with van der Waals surface area (Å²) in [4.78, 5) is 35.6. The molecule has 0 saturated carbocycles. The van der Waals surface area contributed by atoms with Crippen molar-refractivity contribution >= 4 is 19.8 Å². The number of ether oxygens (including phenoxy) is 2. The van der Waals surface area contributed by atoms with Crippen LogP contribution in [0, 0.1) is 0 Å². The predicted molar refractivity (Wildman–Crippen MR) is 307 cm³/mol. The Balaban J connectivity index is 4.14. The summed E-state index contributed by atoms with van der Waals surface area (Å²) in [6.07, 6.45) is 74.1. The molecule has 0 aliphatic rings. The van der Waals surface area contributed by atoms with E-state index in [9.17, 15) is 19.0 Å². The lowest BCUT2D eigenvalue weighted by Gasteiger charge is -2.24. The van der Waals surface area contributed by atoms with Gasteiger partial charge in [-0.2, -0.15) is 0 Å². The second-order valence-electron chi connectivity index (χ2n) is 19.6. The first-order chi connectivity index (χ1) is 35.0. The molecule has 9 nitrogen and oxygen atoms in total. The third-order valence-corrected chi connectivity index (χ3v) is 12.4. The molecule has 0 aromatic heterocycles. The fraction of sp³-hybridized carbons (Fsp3) is 0.645. The van der Waals surface area contributed by atoms with Gasteiger partial charge in [-0.25, -0.2) is 4.57 Å². The van der Waals surface area contributed by atoms with Gasteiger partial charge >= 0.3 is 19.8 Å². The summed E-state index contributed by atoms with van der Waals surface area (Å²) in [6, 6.07) is 0. The molecule has 0 rings (SSSR count). The predicted octanol–water partition coefficient (Wildman–Crippen LogP) is 17.6. The van der Waals surface area contributed by atoms with E-state index in [0.29, 0.717) is 23.9 Å². The maximum atomic E-state index is 12.8. The van der Waals surface area contributed by atoms with Crippen molar-refractivity contribution in [3.8, 4) is 0 Å². The van der Waals surface area contributed by atoms with Gasteiger partial charge in [0.25, 0.3) is 0 Å². The Bertz CT molecular complexity index is 1630. The van der Waals surface area contributed by atoms with Crippen LogP contribution in [0.4, 0.5) is 0 Å². The van der Waals surface area contributed by atoms with Gasteiger partial charge in [-0.3, -0.25) is 18.6 Å². The Morgan fingerprint density at radius 2 is 0.792 bits per heavy atom. The Labute approximate surface area is 441 Å². The number of phosphoric ester groups is 1. The van der Waals surface area contributed by atoms with E-state index in [2.05, 4.69) is 135 Å². The molecule has 2 unspecified atom stereocenters. The topological polar surface area (TPSA) is 108 Å². The van der Waals surface area contributed by atoms with E-state index in [-0.39, 0.29) is 32.0 Å². The highest BCUT2D eigenvalue weighted by atomic mass is 31.2. The summed E-state index contributed by atoms with van der Waals surface area (Å²) < 4.78 is 34.4. The fourth-order valence-corrected chi connectivity index (χ4v) is 7.87. The van der Waals surface area contributed by atoms with Crippen molar-refractivity contribution in [1.82, 2.24) is 0 Å². The number of nitrogens with zero attached hydrogens (tertiary/aromatic N) is 1. The van der Waals surface area contributed by atoms with Crippen molar-refractivity contribution in [2.75, 3.05) is 47.5 Å². The number of esters is 2. The second-order valence-corrected chi connectivity index (χ2v) is 21.0. The SMILES string of the molecule is CC/C=C\C/C=C\C/C=C\C/C=C\C/C=C\C/C=C\C/C=C\C/C=C\CCCCCCCCCCCCC(=O)OC(COC(=O)CCCCCCC/C=C\C/C=C\CCC)COP(=O)(O)OCC[N+](C)(C)C. The van der Waals surface area contributed by atoms with E-state index in [1.54, 1.807) is 0 Å². The fourth-order valence-electron chi connectivity index (χ4n) is 7.13. The van der Waals surface area contributed by atoms with Gasteiger partial charge in [0, 0.05) is 12.8 Å². The van der Waals surface area contributed by atoms with Crippen molar-refractivity contribution in [2.24, 2.45) is 0 Å². The Hall–Kier alpha value is -3.59. The van der Waals surface area contributed by atoms with Crippen LogP contribution in [0.5, 0.6) is 0 Å². The highest BCUT2D eigenvalue weighted by Crippen LogP contribution is 2.43. The molecule has 0 bridgehead atoms. The summed E-state index contributed by atoms with van der Waals surface area (Å²) in [5.74, 6) is -0.828. The first-order valence-electron chi connectivity index (χ1n) is 28.3. The average molecular weight is 1020 g/mol. The molecule has 10 heteroatoms. The van der Waals surface area contributed by atoms with Crippen LogP contribution in [0.2, 0.25) is 0 Å². The molecule has 0 saturated heterocycles. The number of hydrogen-bond acceptors (Lipinski definition) is 7. The van der Waals surface area contributed by atoms with Crippen molar-refractivity contribution in [1.29, 1.82) is 0 Å². The van der Waals surface area contributed by atoms with Crippen LogP contribution in [-0.2, 0) is 32.7 Å². The monoisotopic (exact) mass is 1020 g/mol. The van der Waals surface area contributed by atoms with Gasteiger partial charge < -0.3 is 18.9 Å². The van der Waals surface area contributed by atoms with Gasteiger partial charge in [0.05, 0.1) is 27.7 Å². The van der Waals surface area contributed by atoms with Crippen LogP contribution in [0.15, 0.2) is 122 Å². The second kappa shape index (κ2) is 52.3. The van der Waals surface area contributed by atoms with Gasteiger partial charge in [0.15, 0.2) is 6.10 Å². The molecule has 0 heterocycles. The Morgan fingerprint density at radius 1 is 0.444 bits per heavy atom. The maximum Gasteiger partial charge on any atom is 0.472 e. The van der Waals surface area contributed by atoms with Crippen molar-refractivity contribution in [3.05, 3.63) is 122 Å². The van der Waals surface area contributed by atoms with E-state index in [1.807, 2.05) is 21.1 Å². The zero-order valence-corrected chi connectivity index (χ0v) is 47.3. The van der Waals surface area contributed by atoms with Crippen LogP contribution >= 0.6 is 7.82 Å². The smallest absolute Gasteiger partial charge is 0.462 e. The molecule has 2 atom stereocenters. The van der Waals surface area contributed by atoms with Crippen LogP contribution in [0.3, 0.4) is 0 Å². The van der Waals surface area contributed by atoms with Crippen LogP contribution < -0.4 is 0 Å². The first kappa shape index (κ1) is 68.4. The zero-order chi connectivity index (χ0) is 52.7. The van der Waals surface area contributed by atoms with E-state index in [0.717, 1.165) is 122 Å². The highest BCUT2D eigenvalue weighted by molar-refractivity contribution is 7.47. The third kappa shape index (κ3) is 55.7. The minimum atomic E-state index is -4.39. The molecule has 0 aliphatic heterocycles. The zero-order valence-electron chi connectivity index (χ0n) is 46.4. The van der Waals surface area contributed by atoms with E-state index in [4.69, 9.17) is 18.5 Å². The van der Waals surface area contributed by atoms with E-state index >= 15 is 0 Å². The minimum absolute atomic E-state index is 0.0226. The summed E-state index contributed by atoms with van der Waals surface area (Å²) in [5.41, 5.74) is 0. The number of rotatable bonds is 50. The van der Waals surface area contributed by atoms with Crippen LogP contribution in [0.1, 0.15) is 206 Å². The molecule has 72 heavy (non-hydrogen) atoms. The van der Waals surface area contributed by atoms with Crippen molar-refractivity contribution < 1.29 is 42.1 Å². The molecule has 0 amide bonds. The number of unbranched alkanes of at least 4 members (excludes halogenated alkanes) is 16. The minimum Gasteiger partial charge on any atom is -0.462 e. The average Bonchev–Trinajstić information content (AvgIpc) is 3.34. The van der Waals surface area contributed by atoms with E-state index in [1.165, 1.54) is 44.9 Å². The lowest BCUT2D eigenvalue weighted by atomic mass is 10.0. The van der Waals surface area contributed by atoms with Gasteiger partial charge in [-0.15, -0.1) is 0 Å². The molecule has 410 valence electrons. The molecule has 0 radical (unpaired) electrons. The molecule has 0 aromatic rings. The number of hydrogen-bond donors (Lipinski definition) is 1. The van der Waals surface area contributed by atoms with Crippen LogP contribution in [0.25, 0.3) is 0 Å². The lowest BCUT2D eigenvalue weighted by Crippen LogP contribution is -2.37. The molecule has 1 N–H and O–H groups in total. The van der Waals surface area contributed by atoms with Gasteiger partial charge in [-0.1, -0.05) is 212 Å². The lowest BCUT2D eigenvalue weighted by molar-refractivity contribution is -0.870. The standard InChI is InChI=1S/C62H104NO8P/c1-6-8-10-12-14-16-18-20-21-22-23-24-25-26-27-28-29-30-31-32-33-34-35-36-37-38-39-40-41-43-45-47-49-51-53-55-62(65)71-60(59-70-72(66,67)69-57-56-63(3,4)5)58-68-61(64)54-52-50-48-46-44-42-19-17-15-13-11-9-7-2/h8,10-11,13-14,16-17,19-21,23-24,26-27,29-30,32-33,35-36,60H,6-7,9,12,15,18,22,25,28,31,34,37-59H2,1-5H3/p+1/b10-8-,13-11-,16-14-,19-17-,21-20-,24-23-,27-26-,30-29-,33-32-,36-35-. The molecular formula is C62H105NO8P+. The van der Waals surface area contributed by atoms with Gasteiger partial charge in [0.1, 0.15) is 19.8 Å². The maximum absolute atomic E-state index is 12.8. The van der Waals surface area contributed by atoms with E-state index < -0.39 is 26.5 Å². The summed E-state index contributed by atoms with van der Waals surface area (Å²) in [5, 5.41) is 0. The number of carbonyl (C=O) groups excluding carboxylic acids is 2. The first-order valence-corrected chi connectivity index (χ1v) is 29.8. The Kier molecular flexibility index (Phi) is 49.7. The quantitative estimate of drug-likeness (QED) is 0.0211. The van der Waals surface area contributed by atoms with Crippen molar-refractivity contribution in [2.45, 2.75) is 213 Å². The molecule has 0 spiro atoms. The highest BCUT2D eigenvalue weighted by Gasteiger charge is 2.27. The molecule has 0 fully saturated rings. The van der Waals surface area contributed by atoms with Gasteiger partial charge in [-0.05, 0) is 103 Å². The third-order valence-electron chi connectivity index (χ3n) is 11.5. The van der Waals surface area contributed by atoms with Gasteiger partial charge in [0.2, 0.25) is 0 Å². The van der Waals surface area contributed by atoms with Crippen LogP contribution in [-0.4, -0.2) is 74.9 Å². The number of carbonyl (C=O) groups is 2. The number of allylic oxidation sites excluding steroid dienone is 20. The molecular weight excluding hydrogens is 918 g/mol. The molecule has 0 aliphatic carbocycles. The number of quaternary nitrogens is 1. The number of phosphoric acid groups is 1. The summed E-state index contributed by atoms with van der Waals surface area (Å²) in [6.45, 7) is 4.21. The Morgan fingerprint density at radius 3 is 1.18 bits per heavy atom. The summed E-state index contributed by atoms with van der Waals surface area (Å²) >= 11 is 0. The van der Waals surface area contributed by atoms with Crippen molar-refractivity contribution in [3.63, 3.8) is 0 Å². The number of likely N-dealkylation sites (N-methyl/N-ethyl adjacent to an activating group) is 1. The molecule has 0 aromatic carbocycles. The summed E-state index contributed by atoms with van der Waals surface area (Å²) in [7, 11) is 1.45. The normalized spacial score (nSPS) is 14.2. The largest absolute Gasteiger partial charge is 0.472 e.